The van der Waals surface area contributed by atoms with Crippen LogP contribution in [0.25, 0.3) is 0 Å². The first-order valence-electron chi connectivity index (χ1n) is 7.54. The van der Waals surface area contributed by atoms with Gasteiger partial charge in [-0.05, 0) is 37.5 Å². The number of benzene rings is 1. The van der Waals surface area contributed by atoms with Crippen LogP contribution in [0.1, 0.15) is 36.0 Å². The lowest BCUT2D eigenvalue weighted by Crippen LogP contribution is -2.32. The molecule has 0 aliphatic carbocycles. The Morgan fingerprint density at radius 2 is 2.29 bits per heavy atom. The first-order valence-corrected chi connectivity index (χ1v) is 7.54. The van der Waals surface area contributed by atoms with Crippen LogP contribution >= 0.6 is 0 Å². The first-order chi connectivity index (χ1) is 10.2. The van der Waals surface area contributed by atoms with Crippen LogP contribution in [0.15, 0.2) is 24.3 Å². The molecule has 1 aromatic rings. The van der Waals surface area contributed by atoms with Crippen LogP contribution < -0.4 is 10.2 Å². The van der Waals surface area contributed by atoms with Gasteiger partial charge in [0.1, 0.15) is 0 Å². The van der Waals surface area contributed by atoms with E-state index in [0.29, 0.717) is 18.5 Å². The van der Waals surface area contributed by atoms with E-state index >= 15 is 0 Å². The van der Waals surface area contributed by atoms with E-state index in [1.165, 1.54) is 0 Å². The van der Waals surface area contributed by atoms with E-state index in [4.69, 9.17) is 4.74 Å². The molecule has 2 amide bonds. The van der Waals surface area contributed by atoms with Gasteiger partial charge in [-0.3, -0.25) is 9.59 Å². The van der Waals surface area contributed by atoms with Gasteiger partial charge < -0.3 is 15.0 Å². The lowest BCUT2D eigenvalue weighted by atomic mass is 10.1. The maximum atomic E-state index is 12.2. The van der Waals surface area contributed by atoms with Crippen LogP contribution in [-0.4, -0.2) is 37.6 Å². The molecule has 3 rings (SSSR count). The van der Waals surface area contributed by atoms with Crippen LogP contribution in [-0.2, 0) is 9.53 Å². The number of anilines is 1. The van der Waals surface area contributed by atoms with Crippen LogP contribution in [0, 0.1) is 0 Å². The van der Waals surface area contributed by atoms with Crippen LogP contribution in [0.4, 0.5) is 5.69 Å². The number of nitrogens with one attached hydrogen (secondary N) is 1. The lowest BCUT2D eigenvalue weighted by molar-refractivity contribution is -0.117. The SMILES string of the molecule is O=C(NC[C@@H]1CCCO1)c1cccc(N2CCCC2=O)c1. The van der Waals surface area contributed by atoms with Crippen molar-refractivity contribution >= 4 is 17.5 Å². The smallest absolute Gasteiger partial charge is 0.251 e. The molecule has 2 fully saturated rings. The van der Waals surface area contributed by atoms with Crippen molar-refractivity contribution in [1.29, 1.82) is 0 Å². The Bertz CT molecular complexity index is 538. The molecule has 0 radical (unpaired) electrons. The van der Waals surface area contributed by atoms with Crippen molar-refractivity contribution in [3.63, 3.8) is 0 Å². The van der Waals surface area contributed by atoms with Gasteiger partial charge in [0.05, 0.1) is 6.10 Å². The topological polar surface area (TPSA) is 58.6 Å². The Morgan fingerprint density at radius 3 is 3.00 bits per heavy atom. The summed E-state index contributed by atoms with van der Waals surface area (Å²) in [6.45, 7) is 2.07. The van der Waals surface area contributed by atoms with Crippen molar-refractivity contribution in [2.45, 2.75) is 31.8 Å². The molecule has 1 aromatic carbocycles. The molecule has 2 aliphatic rings. The van der Waals surface area contributed by atoms with Crippen molar-refractivity contribution in [2.24, 2.45) is 0 Å². The number of rotatable bonds is 4. The molecule has 0 aromatic heterocycles. The van der Waals surface area contributed by atoms with Gasteiger partial charge in [0, 0.05) is 37.4 Å². The summed E-state index contributed by atoms with van der Waals surface area (Å²) < 4.78 is 5.49. The minimum Gasteiger partial charge on any atom is -0.376 e. The van der Waals surface area contributed by atoms with Crippen LogP contribution in [0.5, 0.6) is 0 Å². The molecule has 1 N–H and O–H groups in total. The maximum absolute atomic E-state index is 12.2. The fourth-order valence-electron chi connectivity index (χ4n) is 2.85. The molecule has 21 heavy (non-hydrogen) atoms. The summed E-state index contributed by atoms with van der Waals surface area (Å²) in [6, 6.07) is 7.25. The highest BCUT2D eigenvalue weighted by atomic mass is 16.5. The zero-order valence-corrected chi connectivity index (χ0v) is 12.0. The number of amides is 2. The first kappa shape index (κ1) is 14.1. The number of hydrogen-bond donors (Lipinski definition) is 1. The van der Waals surface area contributed by atoms with Crippen molar-refractivity contribution in [2.75, 3.05) is 24.6 Å². The third kappa shape index (κ3) is 3.24. The summed E-state index contributed by atoms with van der Waals surface area (Å²) in [5.41, 5.74) is 1.40. The van der Waals surface area contributed by atoms with E-state index in [1.807, 2.05) is 12.1 Å². The Morgan fingerprint density at radius 1 is 1.38 bits per heavy atom. The number of ether oxygens (including phenoxy) is 1. The summed E-state index contributed by atoms with van der Waals surface area (Å²) in [5, 5.41) is 2.90. The van der Waals surface area contributed by atoms with Crippen LogP contribution in [0.2, 0.25) is 0 Å². The van der Waals surface area contributed by atoms with Gasteiger partial charge in [0.2, 0.25) is 5.91 Å². The third-order valence-electron chi connectivity index (χ3n) is 4.01. The van der Waals surface area contributed by atoms with E-state index in [0.717, 1.165) is 38.1 Å². The molecule has 2 heterocycles. The number of carbonyl (C=O) groups is 2. The summed E-state index contributed by atoms with van der Waals surface area (Å²) in [7, 11) is 0. The minimum absolute atomic E-state index is 0.112. The quantitative estimate of drug-likeness (QED) is 0.918. The number of nitrogens with zero attached hydrogens (tertiary/aromatic N) is 1. The van der Waals surface area contributed by atoms with Crippen molar-refractivity contribution in [1.82, 2.24) is 5.32 Å². The highest BCUT2D eigenvalue weighted by Crippen LogP contribution is 2.22. The Labute approximate surface area is 124 Å². The summed E-state index contributed by atoms with van der Waals surface area (Å²) in [4.78, 5) is 25.7. The van der Waals surface area contributed by atoms with E-state index < -0.39 is 0 Å². The Balaban J connectivity index is 1.64. The van der Waals surface area contributed by atoms with Gasteiger partial charge >= 0.3 is 0 Å². The van der Waals surface area contributed by atoms with Crippen molar-refractivity contribution in [3.05, 3.63) is 29.8 Å². The zero-order valence-electron chi connectivity index (χ0n) is 12.0. The molecule has 0 unspecified atom stereocenters. The largest absolute Gasteiger partial charge is 0.376 e. The average molecular weight is 288 g/mol. The molecule has 112 valence electrons. The van der Waals surface area contributed by atoms with Gasteiger partial charge in [-0.2, -0.15) is 0 Å². The normalized spacial score (nSPS) is 21.8. The number of hydrogen-bond acceptors (Lipinski definition) is 3. The van der Waals surface area contributed by atoms with E-state index in [9.17, 15) is 9.59 Å². The molecular weight excluding hydrogens is 268 g/mol. The highest BCUT2D eigenvalue weighted by molar-refractivity contribution is 5.99. The Hall–Kier alpha value is -1.88. The summed E-state index contributed by atoms with van der Waals surface area (Å²) in [6.07, 6.45) is 3.68. The molecular formula is C16H20N2O3. The second-order valence-corrected chi connectivity index (χ2v) is 5.54. The van der Waals surface area contributed by atoms with E-state index in [1.54, 1.807) is 17.0 Å². The van der Waals surface area contributed by atoms with Gasteiger partial charge in [0.25, 0.3) is 5.91 Å². The molecule has 2 aliphatic heterocycles. The maximum Gasteiger partial charge on any atom is 0.251 e. The zero-order chi connectivity index (χ0) is 14.7. The molecule has 0 spiro atoms. The molecule has 5 nitrogen and oxygen atoms in total. The molecule has 1 atom stereocenters. The second-order valence-electron chi connectivity index (χ2n) is 5.54. The van der Waals surface area contributed by atoms with Crippen molar-refractivity contribution in [3.8, 4) is 0 Å². The van der Waals surface area contributed by atoms with E-state index in [2.05, 4.69) is 5.32 Å². The summed E-state index contributed by atoms with van der Waals surface area (Å²) in [5.74, 6) is 0.0194. The standard InChI is InChI=1S/C16H20N2O3/c19-15-7-2-8-18(15)13-5-1-4-12(10-13)16(20)17-11-14-6-3-9-21-14/h1,4-5,10,14H,2-3,6-9,11H2,(H,17,20)/t14-/m0/s1. The fourth-order valence-corrected chi connectivity index (χ4v) is 2.85. The molecule has 5 heteroatoms. The minimum atomic E-state index is -0.112. The predicted octanol–water partition coefficient (Wildman–Crippen LogP) is 1.72. The van der Waals surface area contributed by atoms with Gasteiger partial charge in [-0.1, -0.05) is 6.07 Å². The highest BCUT2D eigenvalue weighted by Gasteiger charge is 2.22. The lowest BCUT2D eigenvalue weighted by Gasteiger charge is -2.17. The predicted molar refractivity (Wildman–Crippen MR) is 79.3 cm³/mol. The van der Waals surface area contributed by atoms with Crippen molar-refractivity contribution < 1.29 is 14.3 Å². The van der Waals surface area contributed by atoms with Gasteiger partial charge in [0.15, 0.2) is 0 Å². The van der Waals surface area contributed by atoms with E-state index in [-0.39, 0.29) is 17.9 Å². The summed E-state index contributed by atoms with van der Waals surface area (Å²) >= 11 is 0. The fraction of sp³-hybridized carbons (Fsp3) is 0.500. The molecule has 0 bridgehead atoms. The third-order valence-corrected chi connectivity index (χ3v) is 4.01. The van der Waals surface area contributed by atoms with Gasteiger partial charge in [-0.25, -0.2) is 0 Å². The molecule has 0 saturated carbocycles. The van der Waals surface area contributed by atoms with Gasteiger partial charge in [-0.15, -0.1) is 0 Å². The average Bonchev–Trinajstić information content (AvgIpc) is 3.16. The monoisotopic (exact) mass is 288 g/mol. The molecule has 2 saturated heterocycles. The second kappa shape index (κ2) is 6.26. The number of carbonyl (C=O) groups excluding carboxylic acids is 2. The van der Waals surface area contributed by atoms with Crippen LogP contribution in [0.3, 0.4) is 0 Å². The Kier molecular flexibility index (Phi) is 4.20.